The number of aliphatic hydroxyl groups is 1. The van der Waals surface area contributed by atoms with Crippen LogP contribution in [0.1, 0.15) is 57.5 Å². The van der Waals surface area contributed by atoms with Gasteiger partial charge in [0.1, 0.15) is 5.56 Å². The molecule has 8 nitrogen and oxygen atoms in total. The molecule has 0 aromatic heterocycles. The smallest absolute Gasteiger partial charge is 0.261 e. The molecule has 0 aliphatic carbocycles. The summed E-state index contributed by atoms with van der Waals surface area (Å²) in [6, 6.07) is 17.4. The molecule has 0 saturated carbocycles. The SMILES string of the molecule is COc1cc2c(cc1OC)CN(C[C@H]1O[C@@H](c3ccc(NC(=O)c4c(F)c(F)c(F)c(F)c4F)cc3)O[C@@H](c3ccc(CO)cc3)[C@H]1C)CC2. The molecular formula is C37H35F5N2O6. The van der Waals surface area contributed by atoms with Gasteiger partial charge in [-0.2, -0.15) is 0 Å². The van der Waals surface area contributed by atoms with Crippen LogP contribution in [0.25, 0.3) is 0 Å². The molecule has 264 valence electrons. The Morgan fingerprint density at radius 3 is 2.02 bits per heavy atom. The van der Waals surface area contributed by atoms with Crippen molar-refractivity contribution in [2.45, 2.75) is 45.0 Å². The molecule has 0 spiro atoms. The number of halogens is 5. The topological polar surface area (TPSA) is 89.5 Å². The maximum Gasteiger partial charge on any atom is 0.261 e. The molecule has 0 radical (unpaired) electrons. The summed E-state index contributed by atoms with van der Waals surface area (Å²) in [5.74, 6) is -11.5. The highest BCUT2D eigenvalue weighted by Crippen LogP contribution is 2.43. The molecule has 1 saturated heterocycles. The van der Waals surface area contributed by atoms with Crippen molar-refractivity contribution in [3.8, 4) is 11.5 Å². The molecule has 6 rings (SSSR count). The van der Waals surface area contributed by atoms with Crippen LogP contribution in [-0.2, 0) is 29.0 Å². The number of methoxy groups -OCH3 is 2. The van der Waals surface area contributed by atoms with E-state index in [2.05, 4.69) is 17.1 Å². The van der Waals surface area contributed by atoms with E-state index in [1.54, 1.807) is 26.4 Å². The molecule has 2 aliphatic rings. The summed E-state index contributed by atoms with van der Waals surface area (Å²) in [6.07, 6.45) is -0.755. The maximum atomic E-state index is 14.2. The molecule has 2 heterocycles. The molecule has 4 atom stereocenters. The van der Waals surface area contributed by atoms with Gasteiger partial charge >= 0.3 is 0 Å². The van der Waals surface area contributed by atoms with E-state index in [1.807, 2.05) is 36.4 Å². The minimum atomic E-state index is -2.35. The van der Waals surface area contributed by atoms with E-state index >= 15 is 0 Å². The molecule has 1 fully saturated rings. The zero-order chi connectivity index (χ0) is 35.7. The molecule has 4 aromatic carbocycles. The summed E-state index contributed by atoms with van der Waals surface area (Å²) in [5.41, 5.74) is 2.98. The van der Waals surface area contributed by atoms with E-state index in [9.17, 15) is 31.9 Å². The summed E-state index contributed by atoms with van der Waals surface area (Å²) >= 11 is 0. The van der Waals surface area contributed by atoms with Gasteiger partial charge in [0.15, 0.2) is 41.1 Å². The maximum absolute atomic E-state index is 14.2. The van der Waals surface area contributed by atoms with Gasteiger partial charge in [0, 0.05) is 36.8 Å². The van der Waals surface area contributed by atoms with Crippen molar-refractivity contribution in [1.82, 2.24) is 4.90 Å². The van der Waals surface area contributed by atoms with Crippen molar-refractivity contribution in [3.05, 3.63) is 123 Å². The van der Waals surface area contributed by atoms with Crippen LogP contribution in [0.15, 0.2) is 60.7 Å². The minimum absolute atomic E-state index is 0.0404. The molecule has 0 bridgehead atoms. The van der Waals surface area contributed by atoms with Gasteiger partial charge in [-0.3, -0.25) is 9.69 Å². The second kappa shape index (κ2) is 14.7. The molecule has 2 aliphatic heterocycles. The van der Waals surface area contributed by atoms with Gasteiger partial charge < -0.3 is 29.4 Å². The number of nitrogens with zero attached hydrogens (tertiary/aromatic N) is 1. The lowest BCUT2D eigenvalue weighted by molar-refractivity contribution is -0.276. The lowest BCUT2D eigenvalue weighted by atomic mass is 9.89. The molecule has 50 heavy (non-hydrogen) atoms. The first kappa shape index (κ1) is 35.3. The van der Waals surface area contributed by atoms with Crippen molar-refractivity contribution >= 4 is 11.6 Å². The Morgan fingerprint density at radius 2 is 1.42 bits per heavy atom. The number of carbonyl (C=O) groups is 1. The monoisotopic (exact) mass is 698 g/mol. The third-order valence-electron chi connectivity index (χ3n) is 9.24. The number of nitrogens with one attached hydrogen (secondary N) is 1. The van der Waals surface area contributed by atoms with Crippen LogP contribution in [0.5, 0.6) is 11.5 Å². The number of rotatable bonds is 9. The number of anilines is 1. The first-order valence-electron chi connectivity index (χ1n) is 15.9. The summed E-state index contributed by atoms with van der Waals surface area (Å²) in [4.78, 5) is 14.9. The zero-order valence-corrected chi connectivity index (χ0v) is 27.4. The molecule has 2 N–H and O–H groups in total. The van der Waals surface area contributed by atoms with E-state index in [4.69, 9.17) is 18.9 Å². The van der Waals surface area contributed by atoms with Gasteiger partial charge in [-0.25, -0.2) is 22.0 Å². The molecule has 0 unspecified atom stereocenters. The first-order chi connectivity index (χ1) is 24.0. The number of hydrogen-bond donors (Lipinski definition) is 2. The molecule has 4 aromatic rings. The first-order valence-corrected chi connectivity index (χ1v) is 15.9. The van der Waals surface area contributed by atoms with Crippen molar-refractivity contribution in [3.63, 3.8) is 0 Å². The quantitative estimate of drug-likeness (QED) is 0.111. The highest BCUT2D eigenvalue weighted by molar-refractivity contribution is 6.04. The van der Waals surface area contributed by atoms with Crippen molar-refractivity contribution in [2.24, 2.45) is 5.92 Å². The fourth-order valence-electron chi connectivity index (χ4n) is 6.40. The predicted octanol–water partition coefficient (Wildman–Crippen LogP) is 6.99. The Balaban J connectivity index is 1.23. The molecule has 1 amide bonds. The van der Waals surface area contributed by atoms with Crippen LogP contribution in [-0.4, -0.2) is 49.3 Å². The normalized spacial score (nSPS) is 20.7. The minimum Gasteiger partial charge on any atom is -0.493 e. The van der Waals surface area contributed by atoms with Crippen molar-refractivity contribution in [2.75, 3.05) is 32.6 Å². The predicted molar refractivity (Wildman–Crippen MR) is 172 cm³/mol. The number of hydrogen-bond acceptors (Lipinski definition) is 7. The van der Waals surface area contributed by atoms with Gasteiger partial charge in [-0.05, 0) is 52.9 Å². The summed E-state index contributed by atoms with van der Waals surface area (Å²) in [5, 5.41) is 11.7. The lowest BCUT2D eigenvalue weighted by Crippen LogP contribution is -2.45. The van der Waals surface area contributed by atoms with Gasteiger partial charge in [-0.1, -0.05) is 43.3 Å². The average molecular weight is 699 g/mol. The Labute approximate surface area is 285 Å². The third kappa shape index (κ3) is 6.91. The number of ether oxygens (including phenoxy) is 4. The fraction of sp³-hybridized carbons (Fsp3) is 0.324. The van der Waals surface area contributed by atoms with Crippen molar-refractivity contribution < 1.29 is 50.8 Å². The van der Waals surface area contributed by atoms with Crippen LogP contribution in [0, 0.1) is 35.0 Å². The van der Waals surface area contributed by atoms with Crippen LogP contribution in [0.2, 0.25) is 0 Å². The molecular weight excluding hydrogens is 663 g/mol. The summed E-state index contributed by atoms with van der Waals surface area (Å²) < 4.78 is 93.3. The molecule has 13 heteroatoms. The van der Waals surface area contributed by atoms with Crippen LogP contribution >= 0.6 is 0 Å². The van der Waals surface area contributed by atoms with E-state index in [0.717, 1.165) is 29.7 Å². The highest BCUT2D eigenvalue weighted by atomic mass is 19.2. The van der Waals surface area contributed by atoms with Crippen LogP contribution in [0.4, 0.5) is 27.6 Å². The van der Waals surface area contributed by atoms with E-state index in [1.165, 1.54) is 17.7 Å². The summed E-state index contributed by atoms with van der Waals surface area (Å²) in [6.45, 7) is 3.98. The van der Waals surface area contributed by atoms with E-state index < -0.39 is 53.0 Å². The second-order valence-corrected chi connectivity index (χ2v) is 12.3. The fourth-order valence-corrected chi connectivity index (χ4v) is 6.40. The second-order valence-electron chi connectivity index (χ2n) is 12.3. The number of aliphatic hydroxyl groups excluding tert-OH is 1. The largest absolute Gasteiger partial charge is 0.493 e. The standard InChI is InChI=1S/C37H35F5N2O6/c1-19-28(17-44-13-12-23-14-26(47-2)27(48-3)15-24(23)16-44)49-37(50-35(19)21-6-4-20(18-45)5-7-21)22-8-10-25(11-9-22)43-36(46)29-30(38)32(40)34(42)33(41)31(29)39/h4-11,14-15,19,28,35,37,45H,12-13,16-18H2,1-3H3,(H,43,46)/t19-,28+,35+,37+/m0/s1. The Hall–Kier alpha value is -4.56. The Morgan fingerprint density at radius 1 is 0.840 bits per heavy atom. The lowest BCUT2D eigenvalue weighted by Gasteiger charge is -2.43. The number of amides is 1. The highest BCUT2D eigenvalue weighted by Gasteiger charge is 2.39. The number of carbonyl (C=O) groups excluding carboxylic acids is 1. The van der Waals surface area contributed by atoms with Crippen LogP contribution < -0.4 is 14.8 Å². The number of benzene rings is 4. The van der Waals surface area contributed by atoms with Crippen LogP contribution in [0.3, 0.4) is 0 Å². The number of fused-ring (bicyclic) bond motifs is 1. The van der Waals surface area contributed by atoms with Gasteiger partial charge in [0.2, 0.25) is 5.82 Å². The van der Waals surface area contributed by atoms with E-state index in [0.29, 0.717) is 30.2 Å². The van der Waals surface area contributed by atoms with Gasteiger partial charge in [-0.15, -0.1) is 0 Å². The van der Waals surface area contributed by atoms with Gasteiger partial charge in [0.25, 0.3) is 5.91 Å². The van der Waals surface area contributed by atoms with Gasteiger partial charge in [0.05, 0.1) is 33.0 Å². The zero-order valence-electron chi connectivity index (χ0n) is 27.4. The van der Waals surface area contributed by atoms with E-state index in [-0.39, 0.29) is 24.3 Å². The third-order valence-corrected chi connectivity index (χ3v) is 9.24. The average Bonchev–Trinajstić information content (AvgIpc) is 3.13. The summed E-state index contributed by atoms with van der Waals surface area (Å²) in [7, 11) is 3.21. The Kier molecular flexibility index (Phi) is 10.4. The Bertz CT molecular complexity index is 1850. The van der Waals surface area contributed by atoms with Crippen molar-refractivity contribution in [1.29, 1.82) is 0 Å².